The minimum Gasteiger partial charge on any atom is -0.463 e. The lowest BCUT2D eigenvalue weighted by Crippen LogP contribution is -2.65. The van der Waals surface area contributed by atoms with Crippen molar-refractivity contribution in [3.63, 3.8) is 0 Å². The summed E-state index contributed by atoms with van der Waals surface area (Å²) in [6.45, 7) is 7.04. The lowest BCUT2D eigenvalue weighted by molar-refractivity contribution is -0.361. The van der Waals surface area contributed by atoms with Gasteiger partial charge in [-0.2, -0.15) is 0 Å². The normalized spacial score (nSPS) is 28.6. The fraction of sp³-hybridized carbons (Fsp3) is 0.956. The molecule has 0 spiro atoms. The lowest BCUT2D eigenvalue weighted by Gasteiger charge is -2.46. The first kappa shape index (κ1) is 54.6. The van der Waals surface area contributed by atoms with E-state index in [1.54, 1.807) is 0 Å². The van der Waals surface area contributed by atoms with Crippen LogP contribution in [-0.4, -0.2) is 142 Å². The average molecular weight is 865 g/mol. The highest BCUT2D eigenvalue weighted by Crippen LogP contribution is 2.30. The Balaban J connectivity index is 1.82. The number of rotatable bonds is 34. The first-order valence-electron chi connectivity index (χ1n) is 23.4. The van der Waals surface area contributed by atoms with Crippen LogP contribution in [0.1, 0.15) is 169 Å². The van der Waals surface area contributed by atoms with E-state index in [4.69, 9.17) is 28.4 Å². The van der Waals surface area contributed by atoms with Crippen molar-refractivity contribution in [3.05, 3.63) is 0 Å². The average Bonchev–Trinajstić information content (AvgIpc) is 3.24. The third kappa shape index (κ3) is 21.7. The molecule has 0 aromatic heterocycles. The molecule has 0 aliphatic carbocycles. The molecule has 7 N–H and O–H groups in total. The molecule has 0 amide bonds. The van der Waals surface area contributed by atoms with Crippen molar-refractivity contribution in [3.8, 4) is 0 Å². The number of ether oxygens (including phenoxy) is 6. The quantitative estimate of drug-likeness (QED) is 0.0334. The Morgan fingerprint density at radius 2 is 1.02 bits per heavy atom. The largest absolute Gasteiger partial charge is 0.463 e. The molecule has 2 rings (SSSR count). The Hall–Kier alpha value is -1.50. The van der Waals surface area contributed by atoms with Crippen LogP contribution in [0.4, 0.5) is 0 Å². The van der Waals surface area contributed by atoms with Gasteiger partial charge in [0, 0.05) is 12.8 Å². The molecule has 2 heterocycles. The van der Waals surface area contributed by atoms with Gasteiger partial charge in [-0.1, -0.05) is 143 Å². The Morgan fingerprint density at radius 1 is 0.550 bits per heavy atom. The predicted octanol–water partition coefficient (Wildman–Crippen LogP) is 4.98. The molecule has 15 nitrogen and oxygen atoms in total. The van der Waals surface area contributed by atoms with Crippen molar-refractivity contribution in [2.45, 2.75) is 236 Å². The highest BCUT2D eigenvalue weighted by molar-refractivity contribution is 5.69. The molecule has 2 aliphatic rings. The summed E-state index contributed by atoms with van der Waals surface area (Å²) in [7, 11) is 0. The summed E-state index contributed by atoms with van der Waals surface area (Å²) in [5.74, 6) is 0.623. The summed E-state index contributed by atoms with van der Waals surface area (Å²) >= 11 is 0. The number of aliphatic hydroxyl groups excluding tert-OH is 7. The second-order valence-electron chi connectivity index (χ2n) is 17.4. The van der Waals surface area contributed by atoms with E-state index in [0.717, 1.165) is 50.4 Å². The van der Waals surface area contributed by atoms with Crippen molar-refractivity contribution >= 4 is 11.9 Å². The van der Waals surface area contributed by atoms with E-state index in [1.165, 1.54) is 77.0 Å². The Kier molecular flexibility index (Phi) is 29.3. The maximum Gasteiger partial charge on any atom is 0.305 e. The van der Waals surface area contributed by atoms with Gasteiger partial charge < -0.3 is 64.2 Å². The highest BCUT2D eigenvalue weighted by Gasteiger charge is 2.51. The second-order valence-corrected chi connectivity index (χ2v) is 17.4. The number of aliphatic hydroxyl groups is 7. The standard InChI is InChI=1S/C45H84O15/c1-5-31(3)23-19-15-11-7-9-13-17-21-25-36(48)55-28-33(47)29-57-44-42(54)43(60-45-41(53)40(52)38(50)34(27-46)58-45)39(51)35(59-44)30-56-37(49)26-22-18-14-10-8-12-16-20-24-32(4)6-2/h31-35,38-47,50-54H,5-30H2,1-4H3/t31?,32?,33?,34-,35-,38+,39-,40+,41-,42+,43+,44+,45-/m1/s1. The van der Waals surface area contributed by atoms with Gasteiger partial charge in [0.05, 0.1) is 13.2 Å². The smallest absolute Gasteiger partial charge is 0.305 e. The van der Waals surface area contributed by atoms with Crippen LogP contribution in [0.15, 0.2) is 0 Å². The molecule has 2 aliphatic heterocycles. The molecule has 0 aromatic carbocycles. The van der Waals surface area contributed by atoms with E-state index in [9.17, 15) is 45.3 Å². The molecule has 0 bridgehead atoms. The summed E-state index contributed by atoms with van der Waals surface area (Å²) in [6.07, 6.45) is 5.19. The van der Waals surface area contributed by atoms with E-state index in [0.29, 0.717) is 12.8 Å². The predicted molar refractivity (Wildman–Crippen MR) is 224 cm³/mol. The second kappa shape index (κ2) is 32.2. The minimum absolute atomic E-state index is 0.161. The van der Waals surface area contributed by atoms with Gasteiger partial charge in [-0.05, 0) is 24.7 Å². The fourth-order valence-corrected chi connectivity index (χ4v) is 7.49. The first-order chi connectivity index (χ1) is 28.8. The number of carbonyl (C=O) groups is 2. The fourth-order valence-electron chi connectivity index (χ4n) is 7.49. The summed E-state index contributed by atoms with van der Waals surface area (Å²) in [4.78, 5) is 25.0. The molecule has 2 fully saturated rings. The number of carbonyl (C=O) groups excluding carboxylic acids is 2. The third-order valence-electron chi connectivity index (χ3n) is 12.1. The van der Waals surface area contributed by atoms with Crippen LogP contribution in [0.2, 0.25) is 0 Å². The molecule has 354 valence electrons. The Bertz CT molecular complexity index is 1100. The maximum atomic E-state index is 12.7. The van der Waals surface area contributed by atoms with Gasteiger partial charge in [0.25, 0.3) is 0 Å². The van der Waals surface area contributed by atoms with E-state index < -0.39 is 99.3 Å². The lowest BCUT2D eigenvalue weighted by atomic mass is 9.97. The minimum atomic E-state index is -1.83. The van der Waals surface area contributed by atoms with Crippen LogP contribution in [-0.2, 0) is 38.0 Å². The molecule has 2 saturated heterocycles. The number of esters is 2. The van der Waals surface area contributed by atoms with E-state index >= 15 is 0 Å². The van der Waals surface area contributed by atoms with Gasteiger partial charge in [-0.3, -0.25) is 9.59 Å². The molecular formula is C45H84O15. The van der Waals surface area contributed by atoms with Crippen molar-refractivity contribution in [1.29, 1.82) is 0 Å². The summed E-state index contributed by atoms with van der Waals surface area (Å²) < 4.78 is 33.2. The SMILES string of the molecule is CCC(C)CCCCCCCCCCC(=O)OCC(O)CO[C@H]1O[C@H](COC(=O)CCCCCCCCCCC(C)CC)[C@@H](O)[C@H](O[C@H]2O[C@H](CO)[C@H](O)[C@H](O)[C@H]2O)[C@@H]1O. The zero-order valence-corrected chi connectivity index (χ0v) is 37.3. The van der Waals surface area contributed by atoms with Crippen molar-refractivity contribution in [2.24, 2.45) is 11.8 Å². The molecular weight excluding hydrogens is 780 g/mol. The van der Waals surface area contributed by atoms with Gasteiger partial charge in [0.2, 0.25) is 0 Å². The molecule has 0 saturated carbocycles. The van der Waals surface area contributed by atoms with Gasteiger partial charge in [-0.25, -0.2) is 0 Å². The zero-order valence-electron chi connectivity index (χ0n) is 37.3. The topological polar surface area (TPSA) is 231 Å². The highest BCUT2D eigenvalue weighted by atomic mass is 16.7. The van der Waals surface area contributed by atoms with Crippen LogP contribution < -0.4 is 0 Å². The third-order valence-corrected chi connectivity index (χ3v) is 12.1. The summed E-state index contributed by atoms with van der Waals surface area (Å²) in [5.41, 5.74) is 0. The summed E-state index contributed by atoms with van der Waals surface area (Å²) in [6, 6.07) is 0. The van der Waals surface area contributed by atoms with Gasteiger partial charge >= 0.3 is 11.9 Å². The van der Waals surface area contributed by atoms with Crippen LogP contribution in [0.25, 0.3) is 0 Å². The zero-order chi connectivity index (χ0) is 44.3. The van der Waals surface area contributed by atoms with E-state index in [2.05, 4.69) is 27.7 Å². The molecule has 0 radical (unpaired) electrons. The molecule has 3 unspecified atom stereocenters. The monoisotopic (exact) mass is 865 g/mol. The van der Waals surface area contributed by atoms with E-state index in [1.807, 2.05) is 0 Å². The molecule has 13 atom stereocenters. The molecule has 60 heavy (non-hydrogen) atoms. The van der Waals surface area contributed by atoms with Gasteiger partial charge in [-0.15, -0.1) is 0 Å². The van der Waals surface area contributed by atoms with Gasteiger partial charge in [0.15, 0.2) is 12.6 Å². The van der Waals surface area contributed by atoms with Crippen molar-refractivity contribution in [1.82, 2.24) is 0 Å². The molecule has 15 heteroatoms. The number of hydrogen-bond donors (Lipinski definition) is 7. The maximum absolute atomic E-state index is 12.7. The number of unbranched alkanes of at least 4 members (excludes halogenated alkanes) is 14. The molecule has 0 aromatic rings. The van der Waals surface area contributed by atoms with E-state index in [-0.39, 0.29) is 19.4 Å². The Labute approximate surface area is 359 Å². The van der Waals surface area contributed by atoms with Crippen molar-refractivity contribution in [2.75, 3.05) is 26.4 Å². The van der Waals surface area contributed by atoms with Crippen LogP contribution in [0, 0.1) is 11.8 Å². The van der Waals surface area contributed by atoms with Crippen LogP contribution in [0.5, 0.6) is 0 Å². The van der Waals surface area contributed by atoms with Crippen LogP contribution >= 0.6 is 0 Å². The number of hydrogen-bond acceptors (Lipinski definition) is 15. The summed E-state index contributed by atoms with van der Waals surface area (Å²) in [5, 5.41) is 73.6. The Morgan fingerprint density at radius 3 is 1.52 bits per heavy atom. The first-order valence-corrected chi connectivity index (χ1v) is 23.4. The van der Waals surface area contributed by atoms with Gasteiger partial charge in [0.1, 0.15) is 68.1 Å². The van der Waals surface area contributed by atoms with Crippen LogP contribution in [0.3, 0.4) is 0 Å². The van der Waals surface area contributed by atoms with Crippen molar-refractivity contribution < 1.29 is 73.8 Å².